The molecule has 0 bridgehead atoms. The summed E-state index contributed by atoms with van der Waals surface area (Å²) < 4.78 is 4.77. The minimum atomic E-state index is -0.160. The maximum Gasteiger partial charge on any atom is 0.306 e. The lowest BCUT2D eigenvalue weighted by atomic mass is 9.59. The van der Waals surface area contributed by atoms with Crippen LogP contribution in [0.3, 0.4) is 0 Å². The van der Waals surface area contributed by atoms with E-state index in [-0.39, 0.29) is 11.4 Å². The van der Waals surface area contributed by atoms with Gasteiger partial charge in [0.05, 0.1) is 13.5 Å². The molecule has 0 N–H and O–H groups in total. The smallest absolute Gasteiger partial charge is 0.306 e. The van der Waals surface area contributed by atoms with Gasteiger partial charge in [0.1, 0.15) is 6.29 Å². The summed E-state index contributed by atoms with van der Waals surface area (Å²) in [6.45, 7) is 4.31. The van der Waals surface area contributed by atoms with E-state index >= 15 is 0 Å². The van der Waals surface area contributed by atoms with Crippen LogP contribution in [0.25, 0.3) is 0 Å². The number of carbonyl (C=O) groups excluding carboxylic acids is 2. The lowest BCUT2D eigenvalue weighted by Gasteiger charge is -2.45. The molecule has 0 amide bonds. The fraction of sp³-hybridized carbons (Fsp3) is 0.846. The van der Waals surface area contributed by atoms with Crippen molar-refractivity contribution in [3.05, 3.63) is 0 Å². The van der Waals surface area contributed by atoms with Gasteiger partial charge in [0.15, 0.2) is 0 Å². The molecule has 3 nitrogen and oxygen atoms in total. The second-order valence-corrected chi connectivity index (χ2v) is 5.19. The van der Waals surface area contributed by atoms with Crippen LogP contribution < -0.4 is 0 Å². The standard InChI is InChI=1S/C13H22O3/c1-10-5-4-6-11(7-8-14)13(10,2)9-12(15)16-3/h8,10-11H,4-7,9H2,1-3H3/t10-,11+,13+/m1/s1. The maximum atomic E-state index is 11.5. The topological polar surface area (TPSA) is 43.4 Å². The number of methoxy groups -OCH3 is 1. The lowest BCUT2D eigenvalue weighted by molar-refractivity contribution is -0.146. The van der Waals surface area contributed by atoms with Gasteiger partial charge in [0.2, 0.25) is 0 Å². The Morgan fingerprint density at radius 1 is 1.50 bits per heavy atom. The molecule has 1 aliphatic carbocycles. The number of carbonyl (C=O) groups is 2. The predicted molar refractivity (Wildman–Crippen MR) is 61.9 cm³/mol. The van der Waals surface area contributed by atoms with Crippen molar-refractivity contribution in [2.75, 3.05) is 7.11 Å². The number of aldehydes is 1. The van der Waals surface area contributed by atoms with Crippen LogP contribution in [-0.2, 0) is 14.3 Å². The van der Waals surface area contributed by atoms with Gasteiger partial charge in [-0.3, -0.25) is 4.79 Å². The Bertz CT molecular complexity index is 262. The zero-order valence-electron chi connectivity index (χ0n) is 10.5. The highest BCUT2D eigenvalue weighted by Crippen LogP contribution is 2.48. The Hall–Kier alpha value is -0.860. The van der Waals surface area contributed by atoms with Crippen molar-refractivity contribution in [2.24, 2.45) is 17.3 Å². The average molecular weight is 226 g/mol. The lowest BCUT2D eigenvalue weighted by Crippen LogP contribution is -2.40. The molecule has 1 saturated carbocycles. The molecular formula is C13H22O3. The highest BCUT2D eigenvalue weighted by Gasteiger charge is 2.43. The zero-order chi connectivity index (χ0) is 12.2. The average Bonchev–Trinajstić information content (AvgIpc) is 2.25. The first-order valence-corrected chi connectivity index (χ1v) is 6.05. The van der Waals surface area contributed by atoms with Crippen LogP contribution in [0.1, 0.15) is 46.0 Å². The van der Waals surface area contributed by atoms with Gasteiger partial charge in [-0.2, -0.15) is 0 Å². The van der Waals surface area contributed by atoms with Crippen LogP contribution in [0.15, 0.2) is 0 Å². The first-order chi connectivity index (χ1) is 7.54. The minimum absolute atomic E-state index is 0.0771. The summed E-state index contributed by atoms with van der Waals surface area (Å²) in [5, 5.41) is 0. The van der Waals surface area contributed by atoms with Crippen LogP contribution in [0.4, 0.5) is 0 Å². The largest absolute Gasteiger partial charge is 0.469 e. The molecule has 3 atom stereocenters. The van der Waals surface area contributed by atoms with E-state index in [1.54, 1.807) is 0 Å². The van der Waals surface area contributed by atoms with Crippen LogP contribution in [-0.4, -0.2) is 19.4 Å². The van der Waals surface area contributed by atoms with Crippen LogP contribution >= 0.6 is 0 Å². The van der Waals surface area contributed by atoms with Crippen LogP contribution in [0.2, 0.25) is 0 Å². The second kappa shape index (κ2) is 5.46. The molecule has 0 heterocycles. The van der Waals surface area contributed by atoms with Crippen LogP contribution in [0, 0.1) is 17.3 Å². The van der Waals surface area contributed by atoms with Gasteiger partial charge in [-0.05, 0) is 23.7 Å². The van der Waals surface area contributed by atoms with Crippen molar-refractivity contribution in [1.29, 1.82) is 0 Å². The van der Waals surface area contributed by atoms with Crippen molar-refractivity contribution in [3.8, 4) is 0 Å². The molecule has 0 unspecified atom stereocenters. The Balaban J connectivity index is 2.81. The van der Waals surface area contributed by atoms with Crippen molar-refractivity contribution in [2.45, 2.75) is 46.0 Å². The molecule has 0 aromatic rings. The van der Waals surface area contributed by atoms with Gasteiger partial charge >= 0.3 is 5.97 Å². The third-order valence-corrected chi connectivity index (χ3v) is 4.38. The van der Waals surface area contributed by atoms with Crippen molar-refractivity contribution in [3.63, 3.8) is 0 Å². The van der Waals surface area contributed by atoms with Gasteiger partial charge < -0.3 is 9.53 Å². The van der Waals surface area contributed by atoms with Gasteiger partial charge in [-0.15, -0.1) is 0 Å². The highest BCUT2D eigenvalue weighted by molar-refractivity contribution is 5.70. The van der Waals surface area contributed by atoms with Gasteiger partial charge in [-0.25, -0.2) is 0 Å². The highest BCUT2D eigenvalue weighted by atomic mass is 16.5. The molecule has 0 aromatic heterocycles. The van der Waals surface area contributed by atoms with E-state index in [1.807, 2.05) is 0 Å². The van der Waals surface area contributed by atoms with E-state index in [2.05, 4.69) is 13.8 Å². The van der Waals surface area contributed by atoms with Gasteiger partial charge in [0, 0.05) is 6.42 Å². The second-order valence-electron chi connectivity index (χ2n) is 5.19. The summed E-state index contributed by atoms with van der Waals surface area (Å²) in [6.07, 6.45) is 5.34. The van der Waals surface area contributed by atoms with E-state index in [4.69, 9.17) is 4.74 Å². The number of hydrogen-bond donors (Lipinski definition) is 0. The maximum absolute atomic E-state index is 11.5. The fourth-order valence-electron chi connectivity index (χ4n) is 2.94. The first kappa shape index (κ1) is 13.2. The molecule has 16 heavy (non-hydrogen) atoms. The summed E-state index contributed by atoms with van der Waals surface area (Å²) in [5.41, 5.74) is -0.0771. The third-order valence-electron chi connectivity index (χ3n) is 4.38. The molecular weight excluding hydrogens is 204 g/mol. The van der Waals surface area contributed by atoms with E-state index in [0.29, 0.717) is 24.7 Å². The summed E-state index contributed by atoms with van der Waals surface area (Å²) >= 11 is 0. The predicted octanol–water partition coefficient (Wildman–Crippen LogP) is 2.58. The Kier molecular flexibility index (Phi) is 4.51. The quantitative estimate of drug-likeness (QED) is 0.546. The molecule has 0 radical (unpaired) electrons. The molecule has 1 fully saturated rings. The molecule has 0 aliphatic heterocycles. The van der Waals surface area contributed by atoms with Gasteiger partial charge in [-0.1, -0.05) is 26.7 Å². The summed E-state index contributed by atoms with van der Waals surface area (Å²) in [5.74, 6) is 0.644. The zero-order valence-corrected chi connectivity index (χ0v) is 10.5. The number of hydrogen-bond acceptors (Lipinski definition) is 3. The first-order valence-electron chi connectivity index (χ1n) is 6.05. The van der Waals surface area contributed by atoms with E-state index < -0.39 is 0 Å². The van der Waals surface area contributed by atoms with Crippen molar-refractivity contribution < 1.29 is 14.3 Å². The molecule has 0 spiro atoms. The minimum Gasteiger partial charge on any atom is -0.469 e. The van der Waals surface area contributed by atoms with Crippen molar-refractivity contribution >= 4 is 12.3 Å². The molecule has 1 rings (SSSR count). The number of ether oxygens (including phenoxy) is 1. The SMILES string of the molecule is COC(=O)C[C@]1(C)[C@H](CC=O)CCC[C@H]1C. The van der Waals surface area contributed by atoms with Crippen molar-refractivity contribution in [1.82, 2.24) is 0 Å². The fourth-order valence-corrected chi connectivity index (χ4v) is 2.94. The van der Waals surface area contributed by atoms with E-state index in [0.717, 1.165) is 25.5 Å². The monoisotopic (exact) mass is 226 g/mol. The molecule has 0 aromatic carbocycles. The molecule has 0 saturated heterocycles. The Labute approximate surface area is 97.5 Å². The number of esters is 1. The third kappa shape index (κ3) is 2.63. The molecule has 92 valence electrons. The van der Waals surface area contributed by atoms with Crippen LogP contribution in [0.5, 0.6) is 0 Å². The molecule has 1 aliphatic rings. The van der Waals surface area contributed by atoms with Gasteiger partial charge in [0.25, 0.3) is 0 Å². The normalized spacial score (nSPS) is 34.4. The summed E-state index contributed by atoms with van der Waals surface area (Å²) in [4.78, 5) is 22.2. The Morgan fingerprint density at radius 2 is 2.19 bits per heavy atom. The Morgan fingerprint density at radius 3 is 2.75 bits per heavy atom. The summed E-state index contributed by atoms with van der Waals surface area (Å²) in [6, 6.07) is 0. The summed E-state index contributed by atoms with van der Waals surface area (Å²) in [7, 11) is 1.42. The molecule has 3 heteroatoms. The van der Waals surface area contributed by atoms with E-state index in [9.17, 15) is 9.59 Å². The van der Waals surface area contributed by atoms with E-state index in [1.165, 1.54) is 7.11 Å². The number of rotatable bonds is 4.